The van der Waals surface area contributed by atoms with Gasteiger partial charge in [-0.1, -0.05) is 32.8 Å². The van der Waals surface area contributed by atoms with E-state index in [4.69, 9.17) is 10.3 Å². The second-order valence-electron chi connectivity index (χ2n) is 7.54. The Bertz CT molecular complexity index is 409. The van der Waals surface area contributed by atoms with Gasteiger partial charge in [0.25, 0.3) is 0 Å². The number of nitrogens with one attached hydrogen (secondary N) is 1. The lowest BCUT2D eigenvalue weighted by molar-refractivity contribution is -0.157. The normalized spacial score (nSPS) is 22.1. The van der Waals surface area contributed by atoms with Gasteiger partial charge in [-0.05, 0) is 42.5 Å². The zero-order valence-corrected chi connectivity index (χ0v) is 13.9. The third-order valence-electron chi connectivity index (χ3n) is 3.92. The van der Waals surface area contributed by atoms with Gasteiger partial charge in [0.15, 0.2) is 0 Å². The fourth-order valence-corrected chi connectivity index (χ4v) is 4.12. The fraction of sp³-hybridized carbons (Fsp3) is 0.933. The largest absolute Gasteiger partial charge is 0.465 e. The summed E-state index contributed by atoms with van der Waals surface area (Å²) in [5.41, 5.74) is 7.79. The smallest absolute Gasteiger partial charge is 0.326 e. The van der Waals surface area contributed by atoms with Crippen molar-refractivity contribution in [3.05, 3.63) is 10.4 Å². The molecule has 0 unspecified atom stereocenters. The van der Waals surface area contributed by atoms with E-state index in [-0.39, 0.29) is 16.8 Å². The van der Waals surface area contributed by atoms with Crippen molar-refractivity contribution < 1.29 is 9.53 Å². The van der Waals surface area contributed by atoms with Crippen LogP contribution in [0.15, 0.2) is 5.11 Å². The van der Waals surface area contributed by atoms with E-state index in [1.165, 1.54) is 0 Å². The van der Waals surface area contributed by atoms with Crippen molar-refractivity contribution in [2.24, 2.45) is 15.9 Å². The van der Waals surface area contributed by atoms with Crippen LogP contribution in [0, 0.1) is 10.8 Å². The number of azide groups is 1. The minimum Gasteiger partial charge on any atom is -0.465 e. The Morgan fingerprint density at radius 2 is 1.81 bits per heavy atom. The molecule has 0 spiro atoms. The second kappa shape index (κ2) is 6.67. The standard InChI is InChI=1S/C15H28N4O2/c1-6-21-12(20)15(17-7-8-18-19-16)10-13(2,3)9-14(4,5)11-15/h17H,6-11H2,1-5H3. The minimum atomic E-state index is -0.688. The molecule has 0 atom stereocenters. The summed E-state index contributed by atoms with van der Waals surface area (Å²) in [4.78, 5) is 15.3. The van der Waals surface area contributed by atoms with Crippen molar-refractivity contribution >= 4 is 5.97 Å². The molecule has 0 aromatic heterocycles. The highest BCUT2D eigenvalue weighted by Crippen LogP contribution is 2.50. The maximum atomic E-state index is 12.6. The first-order valence-electron chi connectivity index (χ1n) is 7.60. The van der Waals surface area contributed by atoms with Crippen LogP contribution in [0.3, 0.4) is 0 Å². The van der Waals surface area contributed by atoms with Crippen molar-refractivity contribution in [3.8, 4) is 0 Å². The quantitative estimate of drug-likeness (QED) is 0.268. The Balaban J connectivity index is 2.99. The lowest BCUT2D eigenvalue weighted by Gasteiger charge is -2.50. The molecule has 1 rings (SSSR count). The number of nitrogens with zero attached hydrogens (tertiary/aromatic N) is 3. The molecule has 1 aliphatic rings. The topological polar surface area (TPSA) is 87.1 Å². The van der Waals surface area contributed by atoms with Crippen LogP contribution in [0.4, 0.5) is 0 Å². The van der Waals surface area contributed by atoms with Gasteiger partial charge in [0.2, 0.25) is 0 Å². The molecule has 1 fully saturated rings. The van der Waals surface area contributed by atoms with Crippen LogP contribution < -0.4 is 5.32 Å². The SMILES string of the molecule is CCOC(=O)C1(NCCN=[N+]=[N-])CC(C)(C)CC(C)(C)C1. The summed E-state index contributed by atoms with van der Waals surface area (Å²) >= 11 is 0. The van der Waals surface area contributed by atoms with Crippen LogP contribution >= 0.6 is 0 Å². The zero-order valence-electron chi connectivity index (χ0n) is 13.9. The zero-order chi connectivity index (χ0) is 16.1. The Hall–Kier alpha value is -1.26. The van der Waals surface area contributed by atoms with E-state index in [1.807, 2.05) is 6.92 Å². The molecule has 1 aliphatic carbocycles. The summed E-state index contributed by atoms with van der Waals surface area (Å²) < 4.78 is 5.32. The molecule has 0 saturated heterocycles. The van der Waals surface area contributed by atoms with Crippen molar-refractivity contribution in [2.75, 3.05) is 19.7 Å². The highest BCUT2D eigenvalue weighted by molar-refractivity contribution is 5.81. The number of hydrogen-bond acceptors (Lipinski definition) is 4. The Morgan fingerprint density at radius 3 is 2.29 bits per heavy atom. The molecular formula is C15H28N4O2. The summed E-state index contributed by atoms with van der Waals surface area (Å²) in [6, 6.07) is 0. The van der Waals surface area contributed by atoms with E-state index < -0.39 is 5.54 Å². The molecule has 0 bridgehead atoms. The van der Waals surface area contributed by atoms with E-state index >= 15 is 0 Å². The van der Waals surface area contributed by atoms with Gasteiger partial charge in [0.05, 0.1) is 6.61 Å². The first-order chi connectivity index (χ1) is 9.66. The van der Waals surface area contributed by atoms with Gasteiger partial charge in [-0.15, -0.1) is 0 Å². The number of carbonyl (C=O) groups excluding carboxylic acids is 1. The predicted octanol–water partition coefficient (Wildman–Crippen LogP) is 3.42. The van der Waals surface area contributed by atoms with Gasteiger partial charge in [0.1, 0.15) is 5.54 Å². The predicted molar refractivity (Wildman–Crippen MR) is 82.8 cm³/mol. The van der Waals surface area contributed by atoms with Crippen LogP contribution in [0.25, 0.3) is 10.4 Å². The van der Waals surface area contributed by atoms with Crippen molar-refractivity contribution in [3.63, 3.8) is 0 Å². The van der Waals surface area contributed by atoms with Gasteiger partial charge in [0, 0.05) is 18.0 Å². The first-order valence-corrected chi connectivity index (χ1v) is 7.60. The minimum absolute atomic E-state index is 0.0556. The van der Waals surface area contributed by atoms with Gasteiger partial charge in [-0.25, -0.2) is 0 Å². The van der Waals surface area contributed by atoms with Gasteiger partial charge < -0.3 is 10.1 Å². The molecule has 0 heterocycles. The molecule has 120 valence electrons. The van der Waals surface area contributed by atoms with E-state index in [9.17, 15) is 4.79 Å². The summed E-state index contributed by atoms with van der Waals surface area (Å²) in [5.74, 6) is -0.188. The Labute approximate surface area is 127 Å². The Kier molecular flexibility index (Phi) is 5.65. The molecule has 1 N–H and O–H groups in total. The van der Waals surface area contributed by atoms with Crippen LogP contribution in [-0.2, 0) is 9.53 Å². The van der Waals surface area contributed by atoms with Gasteiger partial charge >= 0.3 is 5.97 Å². The van der Waals surface area contributed by atoms with Crippen molar-refractivity contribution in [1.29, 1.82) is 0 Å². The third-order valence-corrected chi connectivity index (χ3v) is 3.92. The van der Waals surface area contributed by atoms with E-state index in [0.29, 0.717) is 19.7 Å². The average molecular weight is 296 g/mol. The average Bonchev–Trinajstić information content (AvgIpc) is 2.31. The van der Waals surface area contributed by atoms with E-state index in [2.05, 4.69) is 43.0 Å². The molecule has 0 amide bonds. The molecule has 21 heavy (non-hydrogen) atoms. The summed E-state index contributed by atoms with van der Waals surface area (Å²) in [6.07, 6.45) is 2.54. The molecule has 0 aromatic carbocycles. The highest BCUT2D eigenvalue weighted by Gasteiger charge is 2.52. The number of carbonyl (C=O) groups is 1. The van der Waals surface area contributed by atoms with Gasteiger partial charge in [-0.3, -0.25) is 4.79 Å². The number of ether oxygens (including phenoxy) is 1. The summed E-state index contributed by atoms with van der Waals surface area (Å²) in [5, 5.41) is 6.86. The number of rotatable bonds is 6. The van der Waals surface area contributed by atoms with Gasteiger partial charge in [-0.2, -0.15) is 0 Å². The maximum absolute atomic E-state index is 12.6. The molecule has 6 heteroatoms. The molecule has 1 saturated carbocycles. The lowest BCUT2D eigenvalue weighted by atomic mass is 9.58. The second-order valence-corrected chi connectivity index (χ2v) is 7.54. The summed E-state index contributed by atoms with van der Waals surface area (Å²) in [6.45, 7) is 11.8. The fourth-order valence-electron chi connectivity index (χ4n) is 4.12. The van der Waals surface area contributed by atoms with Crippen molar-refractivity contribution in [1.82, 2.24) is 5.32 Å². The number of hydrogen-bond donors (Lipinski definition) is 1. The van der Waals surface area contributed by atoms with E-state index in [0.717, 1.165) is 19.3 Å². The third kappa shape index (κ3) is 4.90. The first kappa shape index (κ1) is 17.8. The van der Waals surface area contributed by atoms with E-state index in [1.54, 1.807) is 0 Å². The molecule has 0 aromatic rings. The monoisotopic (exact) mass is 296 g/mol. The lowest BCUT2D eigenvalue weighted by Crippen LogP contribution is -2.61. The molecular weight excluding hydrogens is 268 g/mol. The highest BCUT2D eigenvalue weighted by atomic mass is 16.5. The van der Waals surface area contributed by atoms with Crippen molar-refractivity contribution in [2.45, 2.75) is 59.4 Å². The molecule has 0 aliphatic heterocycles. The van der Waals surface area contributed by atoms with Crippen LogP contribution in [-0.4, -0.2) is 31.2 Å². The molecule has 6 nitrogen and oxygen atoms in total. The van der Waals surface area contributed by atoms with Crippen LogP contribution in [0.1, 0.15) is 53.9 Å². The number of esters is 1. The maximum Gasteiger partial charge on any atom is 0.326 e. The Morgan fingerprint density at radius 1 is 1.24 bits per heavy atom. The summed E-state index contributed by atoms with van der Waals surface area (Å²) in [7, 11) is 0. The van der Waals surface area contributed by atoms with Crippen LogP contribution in [0.2, 0.25) is 0 Å². The molecule has 0 radical (unpaired) electrons. The van der Waals surface area contributed by atoms with Crippen LogP contribution in [0.5, 0.6) is 0 Å².